The molecule has 0 bridgehead atoms. The number of anilines is 1. The van der Waals surface area contributed by atoms with Crippen LogP contribution in [0.5, 0.6) is 0 Å². The summed E-state index contributed by atoms with van der Waals surface area (Å²) in [5, 5.41) is 6.69. The van der Waals surface area contributed by atoms with Crippen LogP contribution in [0.1, 0.15) is 25.6 Å². The van der Waals surface area contributed by atoms with Crippen molar-refractivity contribution in [3.63, 3.8) is 0 Å². The summed E-state index contributed by atoms with van der Waals surface area (Å²) in [6.45, 7) is 2.84. The van der Waals surface area contributed by atoms with Crippen LogP contribution in [0, 0.1) is 0 Å². The van der Waals surface area contributed by atoms with Crippen LogP contribution < -0.4 is 10.2 Å². The van der Waals surface area contributed by atoms with E-state index in [2.05, 4.69) is 20.4 Å². The minimum atomic E-state index is -0.182. The Morgan fingerprint density at radius 2 is 1.93 bits per heavy atom. The summed E-state index contributed by atoms with van der Waals surface area (Å²) in [6, 6.07) is 13.1. The van der Waals surface area contributed by atoms with Gasteiger partial charge in [-0.2, -0.15) is 4.98 Å². The minimum Gasteiger partial charge on any atom is -0.356 e. The van der Waals surface area contributed by atoms with E-state index in [9.17, 15) is 9.59 Å². The number of amides is 2. The van der Waals surface area contributed by atoms with Crippen LogP contribution in [0.3, 0.4) is 0 Å². The number of carbonyl (C=O) groups is 2. The summed E-state index contributed by atoms with van der Waals surface area (Å²) in [5.74, 6) is 0.638. The van der Waals surface area contributed by atoms with E-state index >= 15 is 0 Å². The van der Waals surface area contributed by atoms with Gasteiger partial charge in [-0.1, -0.05) is 23.4 Å². The average molecular weight is 393 g/mol. The van der Waals surface area contributed by atoms with E-state index in [0.717, 1.165) is 11.3 Å². The lowest BCUT2D eigenvalue weighted by molar-refractivity contribution is -0.125. The number of benzene rings is 1. The zero-order chi connectivity index (χ0) is 20.5. The van der Waals surface area contributed by atoms with Crippen LogP contribution >= 0.6 is 0 Å². The molecule has 3 aromatic rings. The van der Waals surface area contributed by atoms with Crippen LogP contribution in [0.4, 0.5) is 5.69 Å². The fraction of sp³-hybridized carbons (Fsp3) is 0.286. The van der Waals surface area contributed by atoms with E-state index < -0.39 is 0 Å². The molecule has 3 rings (SSSR count). The molecule has 0 unspecified atom stereocenters. The third-order valence-corrected chi connectivity index (χ3v) is 4.30. The van der Waals surface area contributed by atoms with Gasteiger partial charge in [0.2, 0.25) is 11.8 Å². The molecular weight excluding hydrogens is 370 g/mol. The summed E-state index contributed by atoms with van der Waals surface area (Å²) in [5.41, 5.74) is 1.58. The molecule has 29 heavy (non-hydrogen) atoms. The van der Waals surface area contributed by atoms with Gasteiger partial charge in [-0.15, -0.1) is 0 Å². The quantitative estimate of drug-likeness (QED) is 0.600. The Hall–Kier alpha value is -3.55. The summed E-state index contributed by atoms with van der Waals surface area (Å²) < 4.78 is 5.20. The van der Waals surface area contributed by atoms with Crippen LogP contribution in [0.25, 0.3) is 11.5 Å². The molecule has 0 fully saturated rings. The average Bonchev–Trinajstić information content (AvgIpc) is 3.23. The number of nitrogens with one attached hydrogen (secondary N) is 1. The number of carbonyl (C=O) groups excluding carboxylic acids is 2. The number of pyridine rings is 1. The summed E-state index contributed by atoms with van der Waals surface area (Å²) in [6.07, 6.45) is 4.04. The zero-order valence-corrected chi connectivity index (χ0v) is 16.2. The number of aromatic nitrogens is 3. The molecule has 0 aliphatic heterocycles. The van der Waals surface area contributed by atoms with Gasteiger partial charge in [-0.3, -0.25) is 14.6 Å². The molecule has 0 saturated heterocycles. The smallest absolute Gasteiger partial charge is 0.259 e. The molecule has 2 heterocycles. The van der Waals surface area contributed by atoms with Gasteiger partial charge in [-0.05, 0) is 31.2 Å². The van der Waals surface area contributed by atoms with Gasteiger partial charge >= 0.3 is 0 Å². The molecule has 150 valence electrons. The van der Waals surface area contributed by atoms with Crippen molar-refractivity contribution in [1.82, 2.24) is 20.4 Å². The van der Waals surface area contributed by atoms with Gasteiger partial charge in [0.15, 0.2) is 5.82 Å². The Balaban J connectivity index is 1.41. The Morgan fingerprint density at radius 1 is 1.10 bits per heavy atom. The van der Waals surface area contributed by atoms with Crippen molar-refractivity contribution >= 4 is 17.5 Å². The number of nitrogens with zero attached hydrogens (tertiary/aromatic N) is 4. The fourth-order valence-corrected chi connectivity index (χ4v) is 2.83. The highest BCUT2D eigenvalue weighted by molar-refractivity contribution is 5.95. The minimum absolute atomic E-state index is 0.0758. The molecule has 0 atom stereocenters. The second-order valence-electron chi connectivity index (χ2n) is 6.33. The van der Waals surface area contributed by atoms with Crippen molar-refractivity contribution in [2.45, 2.75) is 26.2 Å². The Labute approximate surface area is 169 Å². The molecule has 2 aromatic heterocycles. The molecule has 1 N–H and O–H groups in total. The van der Waals surface area contributed by atoms with Crippen molar-refractivity contribution < 1.29 is 14.1 Å². The van der Waals surface area contributed by atoms with Crippen molar-refractivity contribution in [3.05, 3.63) is 60.7 Å². The maximum atomic E-state index is 12.4. The van der Waals surface area contributed by atoms with E-state index in [1.54, 1.807) is 23.4 Å². The third-order valence-electron chi connectivity index (χ3n) is 4.30. The monoisotopic (exact) mass is 393 g/mol. The number of hydrogen-bond donors (Lipinski definition) is 1. The molecule has 8 heteroatoms. The van der Waals surface area contributed by atoms with Gasteiger partial charge in [0.1, 0.15) is 0 Å². The second kappa shape index (κ2) is 10.1. The lowest BCUT2D eigenvalue weighted by atomic mass is 10.2. The van der Waals surface area contributed by atoms with Crippen LogP contribution in [-0.2, 0) is 16.0 Å². The first-order valence-corrected chi connectivity index (χ1v) is 9.52. The van der Waals surface area contributed by atoms with Gasteiger partial charge in [0.05, 0.1) is 5.56 Å². The van der Waals surface area contributed by atoms with Crippen molar-refractivity contribution in [2.24, 2.45) is 0 Å². The highest BCUT2D eigenvalue weighted by Crippen LogP contribution is 2.15. The standard InChI is InChI=1S/C21H23N5O3/c1-2-26(17-8-4-3-5-9-17)20(28)11-10-19(27)23-14-12-18-24-21(29-25-18)16-7-6-13-22-15-16/h3-9,13,15H,2,10-12,14H2,1H3,(H,23,27). The van der Waals surface area contributed by atoms with E-state index in [-0.39, 0.29) is 24.7 Å². The van der Waals surface area contributed by atoms with E-state index in [4.69, 9.17) is 4.52 Å². The number of rotatable bonds is 9. The molecule has 1 aromatic carbocycles. The highest BCUT2D eigenvalue weighted by Gasteiger charge is 2.15. The molecule has 0 radical (unpaired) electrons. The van der Waals surface area contributed by atoms with E-state index in [1.807, 2.05) is 43.3 Å². The SMILES string of the molecule is CCN(C(=O)CCC(=O)NCCc1noc(-c2cccnc2)n1)c1ccccc1. The molecular formula is C21H23N5O3. The number of para-hydroxylation sites is 1. The second-order valence-corrected chi connectivity index (χ2v) is 6.33. The predicted octanol–water partition coefficient (Wildman–Crippen LogP) is 2.62. The molecule has 0 aliphatic carbocycles. The lowest BCUT2D eigenvalue weighted by Crippen LogP contribution is -2.32. The van der Waals surface area contributed by atoms with Crippen molar-refractivity contribution in [2.75, 3.05) is 18.0 Å². The molecule has 2 amide bonds. The zero-order valence-electron chi connectivity index (χ0n) is 16.2. The van der Waals surface area contributed by atoms with Gasteiger partial charge in [0.25, 0.3) is 5.89 Å². The Kier molecular flexibility index (Phi) is 7.05. The van der Waals surface area contributed by atoms with E-state index in [1.165, 1.54) is 0 Å². The first-order chi connectivity index (χ1) is 14.2. The first kappa shape index (κ1) is 20.2. The first-order valence-electron chi connectivity index (χ1n) is 9.52. The van der Waals surface area contributed by atoms with Crippen molar-refractivity contribution in [1.29, 1.82) is 0 Å². The van der Waals surface area contributed by atoms with E-state index in [0.29, 0.717) is 31.2 Å². The van der Waals surface area contributed by atoms with Crippen molar-refractivity contribution in [3.8, 4) is 11.5 Å². The highest BCUT2D eigenvalue weighted by atomic mass is 16.5. The Bertz CT molecular complexity index is 928. The molecule has 8 nitrogen and oxygen atoms in total. The fourth-order valence-electron chi connectivity index (χ4n) is 2.83. The summed E-state index contributed by atoms with van der Waals surface area (Å²) in [7, 11) is 0. The largest absolute Gasteiger partial charge is 0.356 e. The number of hydrogen-bond acceptors (Lipinski definition) is 6. The predicted molar refractivity (Wildman–Crippen MR) is 108 cm³/mol. The molecule has 0 aliphatic rings. The third kappa shape index (κ3) is 5.71. The normalized spacial score (nSPS) is 10.5. The molecule has 0 saturated carbocycles. The maximum absolute atomic E-state index is 12.4. The maximum Gasteiger partial charge on any atom is 0.259 e. The Morgan fingerprint density at radius 3 is 2.66 bits per heavy atom. The van der Waals surface area contributed by atoms with Crippen LogP contribution in [0.2, 0.25) is 0 Å². The van der Waals surface area contributed by atoms with Crippen LogP contribution in [0.15, 0.2) is 59.4 Å². The van der Waals surface area contributed by atoms with Gasteiger partial charge in [0, 0.05) is 50.4 Å². The lowest BCUT2D eigenvalue weighted by Gasteiger charge is -2.20. The van der Waals surface area contributed by atoms with Gasteiger partial charge < -0.3 is 14.7 Å². The topological polar surface area (TPSA) is 101 Å². The summed E-state index contributed by atoms with van der Waals surface area (Å²) in [4.78, 5) is 34.5. The van der Waals surface area contributed by atoms with Gasteiger partial charge in [-0.25, -0.2) is 0 Å². The summed E-state index contributed by atoms with van der Waals surface area (Å²) >= 11 is 0. The molecule has 0 spiro atoms. The van der Waals surface area contributed by atoms with Crippen LogP contribution in [-0.4, -0.2) is 40.0 Å².